The van der Waals surface area contributed by atoms with Gasteiger partial charge in [0.1, 0.15) is 0 Å². The number of thiophene rings is 1. The van der Waals surface area contributed by atoms with Gasteiger partial charge < -0.3 is 9.64 Å². The van der Waals surface area contributed by atoms with E-state index in [1.165, 1.54) is 24.0 Å². The maximum Gasteiger partial charge on any atom is 0.254 e. The van der Waals surface area contributed by atoms with E-state index in [0.717, 1.165) is 44.6 Å². The molecule has 0 bridgehead atoms. The molecule has 1 aromatic carbocycles. The van der Waals surface area contributed by atoms with E-state index in [-0.39, 0.29) is 12.0 Å². The van der Waals surface area contributed by atoms with Crippen LogP contribution in [0.1, 0.15) is 47.2 Å². The SMILES string of the molecule is Cc1ccc(C(=O)N(CC2CN(Cc3ccsc3)CCO2)C2CCCC2)cc1. The van der Waals surface area contributed by atoms with Gasteiger partial charge in [0.25, 0.3) is 5.91 Å². The fourth-order valence-corrected chi connectivity index (χ4v) is 5.03. The molecule has 0 radical (unpaired) electrons. The second kappa shape index (κ2) is 9.21. The van der Waals surface area contributed by atoms with Crippen molar-refractivity contribution in [3.63, 3.8) is 0 Å². The highest BCUT2D eigenvalue weighted by molar-refractivity contribution is 7.07. The zero-order valence-corrected chi connectivity index (χ0v) is 17.5. The average Bonchev–Trinajstić information content (AvgIpc) is 3.41. The Kier molecular flexibility index (Phi) is 6.45. The second-order valence-electron chi connectivity index (χ2n) is 8.12. The molecule has 1 amide bonds. The van der Waals surface area contributed by atoms with Crippen LogP contribution in [0.2, 0.25) is 0 Å². The van der Waals surface area contributed by atoms with Gasteiger partial charge in [-0.15, -0.1) is 0 Å². The standard InChI is InChI=1S/C23H30N2O2S/c1-18-6-8-20(9-7-18)23(26)25(21-4-2-3-5-21)16-22-15-24(11-12-27-22)14-19-10-13-28-17-19/h6-10,13,17,21-22H,2-5,11-12,14-16H2,1H3. The first kappa shape index (κ1) is 19.6. The summed E-state index contributed by atoms with van der Waals surface area (Å²) in [6.07, 6.45) is 4.75. The molecule has 150 valence electrons. The molecule has 1 unspecified atom stereocenters. The molecule has 0 N–H and O–H groups in total. The zero-order valence-electron chi connectivity index (χ0n) is 16.7. The number of rotatable bonds is 6. The molecule has 1 saturated carbocycles. The van der Waals surface area contributed by atoms with E-state index >= 15 is 0 Å². The minimum Gasteiger partial charge on any atom is -0.374 e. The van der Waals surface area contributed by atoms with Gasteiger partial charge in [0.2, 0.25) is 0 Å². The van der Waals surface area contributed by atoms with Gasteiger partial charge in [0, 0.05) is 37.8 Å². The highest BCUT2D eigenvalue weighted by atomic mass is 32.1. The van der Waals surface area contributed by atoms with Crippen LogP contribution in [0.5, 0.6) is 0 Å². The zero-order chi connectivity index (χ0) is 19.3. The van der Waals surface area contributed by atoms with Gasteiger partial charge >= 0.3 is 0 Å². The number of morpholine rings is 1. The summed E-state index contributed by atoms with van der Waals surface area (Å²) < 4.78 is 6.09. The Labute approximate surface area is 172 Å². The van der Waals surface area contributed by atoms with Crippen LogP contribution < -0.4 is 0 Å². The number of carbonyl (C=O) groups is 1. The van der Waals surface area contributed by atoms with Gasteiger partial charge in [-0.1, -0.05) is 30.5 Å². The Bertz CT molecular complexity index is 753. The molecule has 2 aromatic rings. The van der Waals surface area contributed by atoms with Gasteiger partial charge in [-0.25, -0.2) is 0 Å². The van der Waals surface area contributed by atoms with Crippen molar-refractivity contribution in [3.8, 4) is 0 Å². The smallest absolute Gasteiger partial charge is 0.254 e. The highest BCUT2D eigenvalue weighted by Gasteiger charge is 2.31. The van der Waals surface area contributed by atoms with Crippen molar-refractivity contribution >= 4 is 17.2 Å². The molecule has 1 aliphatic heterocycles. The topological polar surface area (TPSA) is 32.8 Å². The summed E-state index contributed by atoms with van der Waals surface area (Å²) in [6, 6.07) is 10.5. The molecule has 2 heterocycles. The average molecular weight is 399 g/mol. The Morgan fingerprint density at radius 2 is 2.00 bits per heavy atom. The van der Waals surface area contributed by atoms with Gasteiger partial charge in [0.05, 0.1) is 12.7 Å². The van der Waals surface area contributed by atoms with Crippen LogP contribution in [-0.2, 0) is 11.3 Å². The molecule has 1 aliphatic carbocycles. The molecule has 0 spiro atoms. The summed E-state index contributed by atoms with van der Waals surface area (Å²) in [5, 5.41) is 4.35. The second-order valence-corrected chi connectivity index (χ2v) is 8.90. The quantitative estimate of drug-likeness (QED) is 0.726. The summed E-state index contributed by atoms with van der Waals surface area (Å²) in [7, 11) is 0. The number of carbonyl (C=O) groups excluding carboxylic acids is 1. The third-order valence-electron chi connectivity index (χ3n) is 5.93. The number of benzene rings is 1. The lowest BCUT2D eigenvalue weighted by Gasteiger charge is -2.37. The Balaban J connectivity index is 1.44. The van der Waals surface area contributed by atoms with Crippen LogP contribution in [0.4, 0.5) is 0 Å². The molecular formula is C23H30N2O2S. The van der Waals surface area contributed by atoms with Gasteiger partial charge in [-0.05, 0) is 54.3 Å². The van der Waals surface area contributed by atoms with Crippen molar-refractivity contribution in [1.82, 2.24) is 9.80 Å². The first-order valence-electron chi connectivity index (χ1n) is 10.4. The minimum atomic E-state index is 0.0855. The maximum absolute atomic E-state index is 13.3. The number of amides is 1. The minimum absolute atomic E-state index is 0.0855. The van der Waals surface area contributed by atoms with Crippen LogP contribution in [0.15, 0.2) is 41.1 Å². The van der Waals surface area contributed by atoms with Crippen LogP contribution >= 0.6 is 11.3 Å². The van der Waals surface area contributed by atoms with E-state index in [1.54, 1.807) is 11.3 Å². The molecule has 1 atom stereocenters. The van der Waals surface area contributed by atoms with Crippen molar-refractivity contribution in [2.24, 2.45) is 0 Å². The number of ether oxygens (including phenoxy) is 1. The van der Waals surface area contributed by atoms with Gasteiger partial charge in [-0.3, -0.25) is 9.69 Å². The Morgan fingerprint density at radius 3 is 2.71 bits per heavy atom. The lowest BCUT2D eigenvalue weighted by atomic mass is 10.1. The van der Waals surface area contributed by atoms with Crippen molar-refractivity contribution < 1.29 is 9.53 Å². The molecule has 2 aliphatic rings. The highest BCUT2D eigenvalue weighted by Crippen LogP contribution is 2.26. The normalized spacial score (nSPS) is 21.1. The van der Waals surface area contributed by atoms with Gasteiger partial charge in [-0.2, -0.15) is 11.3 Å². The predicted octanol–water partition coefficient (Wildman–Crippen LogP) is 4.34. The summed E-state index contributed by atoms with van der Waals surface area (Å²) in [5.74, 6) is 0.158. The van der Waals surface area contributed by atoms with E-state index in [2.05, 4.69) is 33.6 Å². The fraction of sp³-hybridized carbons (Fsp3) is 0.522. The molecule has 4 nitrogen and oxygen atoms in total. The molecule has 28 heavy (non-hydrogen) atoms. The van der Waals surface area contributed by atoms with E-state index < -0.39 is 0 Å². The predicted molar refractivity (Wildman–Crippen MR) is 114 cm³/mol. The summed E-state index contributed by atoms with van der Waals surface area (Å²) in [6.45, 7) is 6.31. The van der Waals surface area contributed by atoms with Gasteiger partial charge in [0.15, 0.2) is 0 Å². The maximum atomic E-state index is 13.3. The Morgan fingerprint density at radius 1 is 1.21 bits per heavy atom. The number of aryl methyl sites for hydroxylation is 1. The monoisotopic (exact) mass is 398 g/mol. The summed E-state index contributed by atoms with van der Waals surface area (Å²) >= 11 is 1.75. The first-order chi connectivity index (χ1) is 13.7. The van der Waals surface area contributed by atoms with Crippen LogP contribution in [-0.4, -0.2) is 54.1 Å². The molecule has 2 fully saturated rings. The molecular weight excluding hydrogens is 368 g/mol. The van der Waals surface area contributed by atoms with Crippen molar-refractivity contribution in [2.75, 3.05) is 26.2 Å². The summed E-state index contributed by atoms with van der Waals surface area (Å²) in [5.41, 5.74) is 3.35. The fourth-order valence-electron chi connectivity index (χ4n) is 4.37. The third-order valence-corrected chi connectivity index (χ3v) is 6.67. The molecule has 1 aromatic heterocycles. The van der Waals surface area contributed by atoms with Crippen molar-refractivity contribution in [2.45, 2.75) is 51.3 Å². The van der Waals surface area contributed by atoms with Crippen LogP contribution in [0.3, 0.4) is 0 Å². The van der Waals surface area contributed by atoms with E-state index in [1.807, 2.05) is 24.3 Å². The van der Waals surface area contributed by atoms with Crippen molar-refractivity contribution in [3.05, 3.63) is 57.8 Å². The Hall–Kier alpha value is -1.69. The van der Waals surface area contributed by atoms with E-state index in [9.17, 15) is 4.79 Å². The van der Waals surface area contributed by atoms with E-state index in [0.29, 0.717) is 12.6 Å². The van der Waals surface area contributed by atoms with Crippen LogP contribution in [0, 0.1) is 6.92 Å². The number of nitrogens with zero attached hydrogens (tertiary/aromatic N) is 2. The molecule has 5 heteroatoms. The lowest BCUT2D eigenvalue weighted by Crippen LogP contribution is -2.50. The largest absolute Gasteiger partial charge is 0.374 e. The van der Waals surface area contributed by atoms with Crippen molar-refractivity contribution in [1.29, 1.82) is 0 Å². The molecule has 4 rings (SSSR count). The third kappa shape index (κ3) is 4.83. The lowest BCUT2D eigenvalue weighted by molar-refractivity contribution is -0.0468. The number of hydrogen-bond acceptors (Lipinski definition) is 4. The summed E-state index contributed by atoms with van der Waals surface area (Å²) in [4.78, 5) is 17.9. The van der Waals surface area contributed by atoms with E-state index in [4.69, 9.17) is 4.74 Å². The number of hydrogen-bond donors (Lipinski definition) is 0. The molecule has 1 saturated heterocycles. The van der Waals surface area contributed by atoms with Crippen LogP contribution in [0.25, 0.3) is 0 Å². The first-order valence-corrected chi connectivity index (χ1v) is 11.4.